The van der Waals surface area contributed by atoms with Crippen molar-refractivity contribution in [1.82, 2.24) is 0 Å². The van der Waals surface area contributed by atoms with Crippen molar-refractivity contribution < 1.29 is 24.2 Å². The van der Waals surface area contributed by atoms with Crippen molar-refractivity contribution in [3.63, 3.8) is 0 Å². The number of rotatable bonds is 8. The third kappa shape index (κ3) is 5.90. The molecule has 0 bridgehead atoms. The van der Waals surface area contributed by atoms with Crippen molar-refractivity contribution in [2.75, 3.05) is 13.2 Å². The van der Waals surface area contributed by atoms with Crippen LogP contribution in [0.1, 0.15) is 132 Å². The van der Waals surface area contributed by atoms with Gasteiger partial charge in [0.1, 0.15) is 6.61 Å². The number of aliphatic hydroxyl groups is 1. The van der Waals surface area contributed by atoms with E-state index in [1.807, 2.05) is 0 Å². The Morgan fingerprint density at radius 2 is 1.21 bits per heavy atom. The fraction of sp³-hybridized carbons (Fsp3) is 0.767. The number of carbonyl (C=O) groups excluding carboxylic acids is 2. The molecular formula is C43H64O5. The molecule has 2 fully saturated rings. The molecule has 0 aromatic heterocycles. The fourth-order valence-corrected chi connectivity index (χ4v) is 11.9. The molecule has 0 aliphatic heterocycles. The number of hydrogen-bond acceptors (Lipinski definition) is 5. The van der Waals surface area contributed by atoms with E-state index in [1.54, 1.807) is 11.1 Å². The van der Waals surface area contributed by atoms with Crippen LogP contribution in [0.25, 0.3) is 0 Å². The lowest BCUT2D eigenvalue weighted by molar-refractivity contribution is -0.186. The normalized spacial score (nSPS) is 39.8. The van der Waals surface area contributed by atoms with Crippen LogP contribution in [-0.4, -0.2) is 36.4 Å². The Balaban J connectivity index is 1.13. The van der Waals surface area contributed by atoms with E-state index in [0.717, 1.165) is 77.0 Å². The van der Waals surface area contributed by atoms with Crippen LogP contribution < -0.4 is 0 Å². The average molecular weight is 661 g/mol. The second-order valence-corrected chi connectivity index (χ2v) is 18.3. The topological polar surface area (TPSA) is 72.8 Å². The quantitative estimate of drug-likeness (QED) is 0.263. The summed E-state index contributed by atoms with van der Waals surface area (Å²) in [6.07, 6.45) is 21.0. The highest BCUT2D eigenvalue weighted by Gasteiger charge is 2.59. The van der Waals surface area contributed by atoms with E-state index < -0.39 is 16.9 Å². The molecular weight excluding hydrogens is 596 g/mol. The highest BCUT2D eigenvalue weighted by atomic mass is 16.6. The maximum Gasteiger partial charge on any atom is 0.312 e. The minimum atomic E-state index is -0.860. The highest BCUT2D eigenvalue weighted by Crippen LogP contribution is 2.64. The molecule has 6 rings (SSSR count). The molecule has 0 radical (unpaired) electrons. The Bertz CT molecular complexity index is 1400. The summed E-state index contributed by atoms with van der Waals surface area (Å²) in [6.45, 7) is 17.7. The van der Waals surface area contributed by atoms with Gasteiger partial charge in [0.05, 0.1) is 17.4 Å². The molecule has 2 saturated carbocycles. The first kappa shape index (κ1) is 35.7. The van der Waals surface area contributed by atoms with Gasteiger partial charge in [-0.1, -0.05) is 89.8 Å². The smallest absolute Gasteiger partial charge is 0.312 e. The standard InChI is InChI=1S/C43H64O5/c1-27(2)29-11-15-34-31(23-29)13-17-36-40(34,5)19-9-21-42(36,7)38(45)47-26-33(25-44)48-39(46)43(8)22-10-20-41(6)35-16-12-30(28(3)4)24-32(35)14-18-37(41)43/h13-14,23-24,27-28,33-37,44H,9-12,15-22,25-26H2,1-8H3. The second kappa shape index (κ2) is 13.2. The van der Waals surface area contributed by atoms with Crippen LogP contribution in [0.4, 0.5) is 0 Å². The van der Waals surface area contributed by atoms with Crippen LogP contribution in [0.3, 0.4) is 0 Å². The molecule has 0 saturated heterocycles. The van der Waals surface area contributed by atoms with Gasteiger partial charge in [-0.2, -0.15) is 0 Å². The maximum absolute atomic E-state index is 14.1. The van der Waals surface area contributed by atoms with Crippen LogP contribution in [0.5, 0.6) is 0 Å². The van der Waals surface area contributed by atoms with Crippen LogP contribution in [-0.2, 0) is 19.1 Å². The summed E-state index contributed by atoms with van der Waals surface area (Å²) in [6, 6.07) is 0. The van der Waals surface area contributed by atoms with Crippen LogP contribution in [0, 0.1) is 57.2 Å². The van der Waals surface area contributed by atoms with Gasteiger partial charge in [-0.25, -0.2) is 0 Å². The molecule has 9 atom stereocenters. The number of aliphatic hydroxyl groups excluding tert-OH is 1. The lowest BCUT2D eigenvalue weighted by atomic mass is 9.47. The maximum atomic E-state index is 14.1. The molecule has 0 amide bonds. The highest BCUT2D eigenvalue weighted by molar-refractivity contribution is 5.78. The van der Waals surface area contributed by atoms with Gasteiger partial charge >= 0.3 is 11.9 Å². The van der Waals surface area contributed by atoms with Gasteiger partial charge in [-0.05, 0) is 136 Å². The lowest BCUT2D eigenvalue weighted by Crippen LogP contribution is -2.54. The fourth-order valence-electron chi connectivity index (χ4n) is 11.9. The minimum absolute atomic E-state index is 0.0390. The first-order chi connectivity index (χ1) is 22.7. The number of hydrogen-bond donors (Lipinski definition) is 1. The van der Waals surface area contributed by atoms with Gasteiger partial charge in [0.25, 0.3) is 0 Å². The molecule has 9 unspecified atom stereocenters. The number of ether oxygens (including phenoxy) is 2. The van der Waals surface area contributed by atoms with E-state index in [2.05, 4.69) is 79.7 Å². The zero-order valence-corrected chi connectivity index (χ0v) is 31.3. The van der Waals surface area contributed by atoms with Gasteiger partial charge in [-0.15, -0.1) is 0 Å². The summed E-state index contributed by atoms with van der Waals surface area (Å²) >= 11 is 0. The number of esters is 2. The largest absolute Gasteiger partial charge is 0.461 e. The molecule has 6 aliphatic carbocycles. The van der Waals surface area contributed by atoms with Crippen molar-refractivity contribution in [1.29, 1.82) is 0 Å². The third-order valence-electron chi connectivity index (χ3n) is 15.0. The van der Waals surface area contributed by atoms with Gasteiger partial charge in [0.2, 0.25) is 0 Å². The number of fused-ring (bicyclic) bond motifs is 6. The summed E-state index contributed by atoms with van der Waals surface area (Å²) in [5, 5.41) is 10.4. The summed E-state index contributed by atoms with van der Waals surface area (Å²) in [7, 11) is 0. The zero-order valence-electron chi connectivity index (χ0n) is 31.3. The van der Waals surface area contributed by atoms with Gasteiger partial charge < -0.3 is 14.6 Å². The summed E-state index contributed by atoms with van der Waals surface area (Å²) in [4.78, 5) is 28.1. The van der Waals surface area contributed by atoms with E-state index in [0.29, 0.717) is 23.7 Å². The Labute approximate surface area is 291 Å². The van der Waals surface area contributed by atoms with E-state index in [1.165, 1.54) is 11.1 Å². The predicted molar refractivity (Wildman–Crippen MR) is 192 cm³/mol. The summed E-state index contributed by atoms with van der Waals surface area (Å²) < 4.78 is 12.1. The van der Waals surface area contributed by atoms with E-state index in [4.69, 9.17) is 9.47 Å². The van der Waals surface area contributed by atoms with E-state index in [-0.39, 0.29) is 47.8 Å². The first-order valence-corrected chi connectivity index (χ1v) is 19.5. The molecule has 266 valence electrons. The van der Waals surface area contributed by atoms with Crippen molar-refractivity contribution >= 4 is 11.9 Å². The number of carbonyl (C=O) groups is 2. The third-order valence-corrected chi connectivity index (χ3v) is 15.0. The van der Waals surface area contributed by atoms with E-state index >= 15 is 0 Å². The Hall–Kier alpha value is -2.14. The second-order valence-electron chi connectivity index (χ2n) is 18.3. The Morgan fingerprint density at radius 3 is 1.65 bits per heavy atom. The van der Waals surface area contributed by atoms with E-state index in [9.17, 15) is 14.7 Å². The number of allylic oxidation sites excluding steroid dienone is 8. The predicted octanol–water partition coefficient (Wildman–Crippen LogP) is 9.70. The molecule has 0 aromatic carbocycles. The van der Waals surface area contributed by atoms with Gasteiger partial charge in [0.15, 0.2) is 6.10 Å². The zero-order chi connectivity index (χ0) is 34.6. The van der Waals surface area contributed by atoms with Crippen LogP contribution in [0.2, 0.25) is 0 Å². The summed E-state index contributed by atoms with van der Waals surface area (Å²) in [5.41, 5.74) is 4.89. The SMILES string of the molecule is CC(C)C1=CC2=CCC3C(C)(C(=O)OCC(CO)OC(=O)C4(C)CCCC5(C)C6CCC(C(C)C)=CC6=CCC45)CCCC3(C)C2CC1. The van der Waals surface area contributed by atoms with Crippen LogP contribution in [0.15, 0.2) is 46.6 Å². The van der Waals surface area contributed by atoms with Crippen molar-refractivity contribution in [2.45, 2.75) is 139 Å². The van der Waals surface area contributed by atoms with Gasteiger partial charge in [-0.3, -0.25) is 9.59 Å². The first-order valence-electron chi connectivity index (χ1n) is 19.5. The molecule has 0 aromatic rings. The molecule has 0 spiro atoms. The molecule has 6 aliphatic rings. The molecule has 48 heavy (non-hydrogen) atoms. The monoisotopic (exact) mass is 660 g/mol. The molecule has 1 N–H and O–H groups in total. The van der Waals surface area contributed by atoms with Crippen molar-refractivity contribution in [3.05, 3.63) is 46.6 Å². The van der Waals surface area contributed by atoms with Crippen molar-refractivity contribution in [3.8, 4) is 0 Å². The molecule has 0 heterocycles. The minimum Gasteiger partial charge on any atom is -0.461 e. The summed E-state index contributed by atoms with van der Waals surface area (Å²) in [5.74, 6) is 2.03. The molecule has 5 nitrogen and oxygen atoms in total. The van der Waals surface area contributed by atoms with Crippen LogP contribution >= 0.6 is 0 Å². The van der Waals surface area contributed by atoms with Crippen molar-refractivity contribution in [2.24, 2.45) is 57.2 Å². The Kier molecular flexibility index (Phi) is 9.81. The lowest BCUT2D eigenvalue weighted by Gasteiger charge is -2.57. The average Bonchev–Trinajstić information content (AvgIpc) is 3.05. The molecule has 5 heteroatoms. The Morgan fingerprint density at radius 1 is 0.750 bits per heavy atom. The van der Waals surface area contributed by atoms with Gasteiger partial charge in [0, 0.05) is 0 Å².